The summed E-state index contributed by atoms with van der Waals surface area (Å²) < 4.78 is 4.09. The minimum Gasteiger partial charge on any atom is -0.393 e. The largest absolute Gasteiger partial charge is 0.393 e. The van der Waals surface area contributed by atoms with E-state index in [1.165, 1.54) is 10.8 Å². The summed E-state index contributed by atoms with van der Waals surface area (Å²) in [7, 11) is 3.35. The zero-order valence-corrected chi connectivity index (χ0v) is 11.3. The van der Waals surface area contributed by atoms with Crippen LogP contribution in [0.4, 0.5) is 5.69 Å². The van der Waals surface area contributed by atoms with E-state index in [4.69, 9.17) is 5.73 Å². The third kappa shape index (κ3) is 2.31. The van der Waals surface area contributed by atoms with Crippen molar-refractivity contribution >= 4 is 5.69 Å². The monoisotopic (exact) mass is 263 g/mol. The van der Waals surface area contributed by atoms with Gasteiger partial charge in [0.2, 0.25) is 0 Å². The molecule has 0 aliphatic heterocycles. The molecule has 0 aliphatic rings. The van der Waals surface area contributed by atoms with Crippen LogP contribution < -0.4 is 17.0 Å². The topological polar surface area (TPSA) is 87.8 Å². The molecule has 7 heteroatoms. The fraction of sp³-hybridized carbons (Fsp3) is 0.417. The molecule has 7 nitrogen and oxygen atoms in total. The Morgan fingerprint density at radius 2 is 2.00 bits per heavy atom. The predicted molar refractivity (Wildman–Crippen MR) is 72.0 cm³/mol. The summed E-state index contributed by atoms with van der Waals surface area (Å²) in [5.74, 6) is 0. The van der Waals surface area contributed by atoms with Crippen molar-refractivity contribution in [2.75, 3.05) is 5.73 Å². The van der Waals surface area contributed by atoms with Crippen molar-refractivity contribution in [3.05, 3.63) is 44.5 Å². The van der Waals surface area contributed by atoms with E-state index < -0.39 is 11.2 Å². The van der Waals surface area contributed by atoms with Crippen molar-refractivity contribution in [3.8, 4) is 0 Å². The molecule has 2 N–H and O–H groups in total. The molecule has 2 heterocycles. The highest BCUT2D eigenvalue weighted by atomic mass is 16.2. The molecule has 0 bridgehead atoms. The standard InChI is InChI=1S/C12H17N5O2/c1-4-8-5-9(16(3)14-8)6-17-11(18)10(13)7-15(2)12(17)19/h5,7H,4,6,13H2,1-3H3. The van der Waals surface area contributed by atoms with Gasteiger partial charge in [0.1, 0.15) is 5.69 Å². The quantitative estimate of drug-likeness (QED) is 0.806. The van der Waals surface area contributed by atoms with Gasteiger partial charge in [0, 0.05) is 20.3 Å². The van der Waals surface area contributed by atoms with Crippen molar-refractivity contribution in [2.24, 2.45) is 14.1 Å². The highest BCUT2D eigenvalue weighted by Gasteiger charge is 2.11. The molecule has 0 saturated heterocycles. The number of rotatable bonds is 3. The lowest BCUT2D eigenvalue weighted by atomic mass is 10.3. The number of nitrogen functional groups attached to an aromatic ring is 1. The van der Waals surface area contributed by atoms with E-state index in [0.29, 0.717) is 0 Å². The smallest absolute Gasteiger partial charge is 0.331 e. The Morgan fingerprint density at radius 3 is 2.58 bits per heavy atom. The summed E-state index contributed by atoms with van der Waals surface area (Å²) in [5.41, 5.74) is 6.51. The lowest BCUT2D eigenvalue weighted by Crippen LogP contribution is -2.40. The van der Waals surface area contributed by atoms with E-state index in [1.54, 1.807) is 18.8 Å². The van der Waals surface area contributed by atoms with Crippen LogP contribution in [0.15, 0.2) is 21.9 Å². The van der Waals surface area contributed by atoms with Gasteiger partial charge in [0.05, 0.1) is 17.9 Å². The van der Waals surface area contributed by atoms with Crippen LogP contribution in [0.25, 0.3) is 0 Å². The van der Waals surface area contributed by atoms with E-state index in [2.05, 4.69) is 5.10 Å². The van der Waals surface area contributed by atoms with Crippen molar-refractivity contribution in [3.63, 3.8) is 0 Å². The Hall–Kier alpha value is -2.31. The molecule has 102 valence electrons. The third-order valence-electron chi connectivity index (χ3n) is 3.07. The first kappa shape index (κ1) is 13.1. The van der Waals surface area contributed by atoms with E-state index in [-0.39, 0.29) is 12.2 Å². The summed E-state index contributed by atoms with van der Waals surface area (Å²) in [6.45, 7) is 2.16. The summed E-state index contributed by atoms with van der Waals surface area (Å²) >= 11 is 0. The fourth-order valence-electron chi connectivity index (χ4n) is 1.95. The van der Waals surface area contributed by atoms with Crippen LogP contribution in [0.5, 0.6) is 0 Å². The van der Waals surface area contributed by atoms with E-state index >= 15 is 0 Å². The molecule has 0 atom stereocenters. The van der Waals surface area contributed by atoms with Crippen molar-refractivity contribution < 1.29 is 0 Å². The van der Waals surface area contributed by atoms with Crippen molar-refractivity contribution in [1.82, 2.24) is 18.9 Å². The van der Waals surface area contributed by atoms with Crippen LogP contribution in [-0.2, 0) is 27.1 Å². The van der Waals surface area contributed by atoms with Crippen LogP contribution in [-0.4, -0.2) is 18.9 Å². The van der Waals surface area contributed by atoms with Gasteiger partial charge in [0.25, 0.3) is 5.56 Å². The van der Waals surface area contributed by atoms with Crippen molar-refractivity contribution in [2.45, 2.75) is 19.9 Å². The Kier molecular flexibility index (Phi) is 3.28. The molecule has 2 aromatic rings. The van der Waals surface area contributed by atoms with Gasteiger partial charge in [-0.25, -0.2) is 4.79 Å². The van der Waals surface area contributed by atoms with Gasteiger partial charge in [-0.1, -0.05) is 6.92 Å². The van der Waals surface area contributed by atoms with Gasteiger partial charge in [0.15, 0.2) is 0 Å². The molecule has 0 unspecified atom stereocenters. The number of aromatic nitrogens is 4. The number of nitrogens with two attached hydrogens (primary N) is 1. The molecule has 0 aliphatic carbocycles. The lowest BCUT2D eigenvalue weighted by Gasteiger charge is -2.08. The Morgan fingerprint density at radius 1 is 1.32 bits per heavy atom. The second-order valence-corrected chi connectivity index (χ2v) is 4.47. The van der Waals surface area contributed by atoms with E-state index in [9.17, 15) is 9.59 Å². The molecule has 0 spiro atoms. The van der Waals surface area contributed by atoms with Crippen LogP contribution in [0, 0.1) is 0 Å². The zero-order valence-electron chi connectivity index (χ0n) is 11.3. The minimum atomic E-state index is -0.470. The maximum absolute atomic E-state index is 12.0. The molecule has 19 heavy (non-hydrogen) atoms. The Labute approximate surface area is 109 Å². The van der Waals surface area contributed by atoms with Crippen LogP contribution in [0.1, 0.15) is 18.3 Å². The van der Waals surface area contributed by atoms with Gasteiger partial charge in [-0.3, -0.25) is 14.0 Å². The maximum Gasteiger partial charge on any atom is 0.331 e. The highest BCUT2D eigenvalue weighted by Crippen LogP contribution is 2.04. The van der Waals surface area contributed by atoms with Gasteiger partial charge in [-0.2, -0.15) is 5.10 Å². The van der Waals surface area contributed by atoms with Gasteiger partial charge >= 0.3 is 5.69 Å². The average molecular weight is 263 g/mol. The number of nitrogens with zero attached hydrogens (tertiary/aromatic N) is 4. The molecule has 0 saturated carbocycles. The number of hydrogen-bond donors (Lipinski definition) is 1. The Bertz CT molecular complexity index is 688. The molecule has 2 aromatic heterocycles. The molecule has 0 amide bonds. The highest BCUT2D eigenvalue weighted by molar-refractivity contribution is 5.31. The summed E-state index contributed by atoms with van der Waals surface area (Å²) in [6, 6.07) is 1.88. The third-order valence-corrected chi connectivity index (χ3v) is 3.07. The molecule has 0 radical (unpaired) electrons. The molecule has 2 rings (SSSR count). The Balaban J connectivity index is 2.52. The van der Waals surface area contributed by atoms with Crippen LogP contribution >= 0.6 is 0 Å². The predicted octanol–water partition coefficient (Wildman–Crippen LogP) is -0.527. The second kappa shape index (κ2) is 4.75. The lowest BCUT2D eigenvalue weighted by molar-refractivity contribution is 0.600. The van der Waals surface area contributed by atoms with Crippen LogP contribution in [0.3, 0.4) is 0 Å². The summed E-state index contributed by atoms with van der Waals surface area (Å²) in [4.78, 5) is 23.9. The molecular weight excluding hydrogens is 246 g/mol. The van der Waals surface area contributed by atoms with E-state index in [1.807, 2.05) is 13.0 Å². The van der Waals surface area contributed by atoms with Gasteiger partial charge in [-0.15, -0.1) is 0 Å². The molecular formula is C12H17N5O2. The van der Waals surface area contributed by atoms with Gasteiger partial charge < -0.3 is 10.3 Å². The first-order valence-corrected chi connectivity index (χ1v) is 6.01. The van der Waals surface area contributed by atoms with E-state index in [0.717, 1.165) is 22.4 Å². The first-order valence-electron chi connectivity index (χ1n) is 6.01. The number of aryl methyl sites for hydroxylation is 3. The minimum absolute atomic E-state index is 0.0555. The zero-order chi connectivity index (χ0) is 14.2. The maximum atomic E-state index is 12.0. The average Bonchev–Trinajstić information content (AvgIpc) is 2.73. The molecule has 0 fully saturated rings. The van der Waals surface area contributed by atoms with Crippen LogP contribution in [0.2, 0.25) is 0 Å². The van der Waals surface area contributed by atoms with Gasteiger partial charge in [-0.05, 0) is 12.5 Å². The second-order valence-electron chi connectivity index (χ2n) is 4.47. The number of hydrogen-bond acceptors (Lipinski definition) is 4. The number of anilines is 1. The first-order chi connectivity index (χ1) is 8.93. The SMILES string of the molecule is CCc1cc(Cn2c(=O)c(N)cn(C)c2=O)n(C)n1. The summed E-state index contributed by atoms with van der Waals surface area (Å²) in [6.07, 6.45) is 2.14. The molecule has 0 aromatic carbocycles. The van der Waals surface area contributed by atoms with Crippen molar-refractivity contribution in [1.29, 1.82) is 0 Å². The summed E-state index contributed by atoms with van der Waals surface area (Å²) in [5, 5.41) is 4.29. The normalized spacial score (nSPS) is 10.9. The fourth-order valence-corrected chi connectivity index (χ4v) is 1.95.